The van der Waals surface area contributed by atoms with Crippen LogP contribution >= 0.6 is 0 Å². The summed E-state index contributed by atoms with van der Waals surface area (Å²) in [6.45, 7) is 7.31. The lowest BCUT2D eigenvalue weighted by atomic mass is 9.84. The van der Waals surface area contributed by atoms with E-state index in [0.717, 1.165) is 31.5 Å². The van der Waals surface area contributed by atoms with Crippen LogP contribution in [-0.2, 0) is 24.9 Å². The number of rotatable bonds is 6. The van der Waals surface area contributed by atoms with Gasteiger partial charge in [0.05, 0.1) is 5.69 Å². The molecule has 0 fully saturated rings. The van der Waals surface area contributed by atoms with Gasteiger partial charge in [-0.15, -0.1) is 0 Å². The van der Waals surface area contributed by atoms with Crippen LogP contribution in [-0.4, -0.2) is 9.78 Å². The Labute approximate surface area is 121 Å². The molecule has 0 saturated carbocycles. The average Bonchev–Trinajstić information content (AvgIpc) is 2.90. The summed E-state index contributed by atoms with van der Waals surface area (Å²) in [6, 6.07) is 12.6. The van der Waals surface area contributed by atoms with Crippen molar-refractivity contribution >= 4 is 0 Å². The highest BCUT2D eigenvalue weighted by atomic mass is 15.3. The molecule has 0 spiro atoms. The Morgan fingerprint density at radius 1 is 1.15 bits per heavy atom. The second-order valence-corrected chi connectivity index (χ2v) is 5.35. The van der Waals surface area contributed by atoms with E-state index in [9.17, 15) is 0 Å². The summed E-state index contributed by atoms with van der Waals surface area (Å²) in [6.07, 6.45) is 2.71. The van der Waals surface area contributed by atoms with E-state index >= 15 is 0 Å². The first-order valence-electron chi connectivity index (χ1n) is 7.53. The van der Waals surface area contributed by atoms with Crippen LogP contribution in [0.5, 0.6) is 0 Å². The SMILES string of the molecule is CCc1cc(CC(N)(CC)c2ccccc2)n(CC)n1. The van der Waals surface area contributed by atoms with Crippen LogP contribution in [0.4, 0.5) is 0 Å². The maximum atomic E-state index is 6.68. The Hall–Kier alpha value is -1.61. The van der Waals surface area contributed by atoms with E-state index in [1.54, 1.807) is 0 Å². The smallest absolute Gasteiger partial charge is 0.0624 e. The molecule has 1 atom stereocenters. The zero-order valence-corrected chi connectivity index (χ0v) is 12.8. The van der Waals surface area contributed by atoms with Crippen LogP contribution in [0.3, 0.4) is 0 Å². The Morgan fingerprint density at radius 3 is 2.40 bits per heavy atom. The van der Waals surface area contributed by atoms with Crippen molar-refractivity contribution in [2.24, 2.45) is 5.73 Å². The molecule has 0 aliphatic heterocycles. The van der Waals surface area contributed by atoms with Crippen molar-refractivity contribution in [2.75, 3.05) is 0 Å². The fourth-order valence-electron chi connectivity index (χ4n) is 2.63. The molecule has 2 N–H and O–H groups in total. The lowest BCUT2D eigenvalue weighted by molar-refractivity contribution is 0.408. The van der Waals surface area contributed by atoms with Gasteiger partial charge in [-0.3, -0.25) is 4.68 Å². The number of benzene rings is 1. The lowest BCUT2D eigenvalue weighted by Gasteiger charge is -2.29. The van der Waals surface area contributed by atoms with Crippen molar-refractivity contribution in [3.8, 4) is 0 Å². The largest absolute Gasteiger partial charge is 0.321 e. The highest BCUT2D eigenvalue weighted by Crippen LogP contribution is 2.27. The second-order valence-electron chi connectivity index (χ2n) is 5.35. The maximum absolute atomic E-state index is 6.68. The first-order chi connectivity index (χ1) is 9.62. The van der Waals surface area contributed by atoms with Gasteiger partial charge in [0.25, 0.3) is 0 Å². The third-order valence-corrected chi connectivity index (χ3v) is 4.05. The van der Waals surface area contributed by atoms with E-state index in [0.29, 0.717) is 0 Å². The summed E-state index contributed by atoms with van der Waals surface area (Å²) in [4.78, 5) is 0. The van der Waals surface area contributed by atoms with Crippen LogP contribution in [0.15, 0.2) is 36.4 Å². The van der Waals surface area contributed by atoms with E-state index in [1.807, 2.05) is 6.07 Å². The van der Waals surface area contributed by atoms with Crippen molar-refractivity contribution in [1.29, 1.82) is 0 Å². The summed E-state index contributed by atoms with van der Waals surface area (Å²) in [5, 5.41) is 4.62. The third kappa shape index (κ3) is 2.93. The first kappa shape index (κ1) is 14.8. The summed E-state index contributed by atoms with van der Waals surface area (Å²) >= 11 is 0. The van der Waals surface area contributed by atoms with Crippen LogP contribution in [0.2, 0.25) is 0 Å². The van der Waals surface area contributed by atoms with Gasteiger partial charge in [0, 0.05) is 24.2 Å². The van der Waals surface area contributed by atoms with Crippen molar-refractivity contribution in [3.05, 3.63) is 53.3 Å². The minimum atomic E-state index is -0.320. The van der Waals surface area contributed by atoms with E-state index in [4.69, 9.17) is 5.73 Å². The molecule has 1 aromatic carbocycles. The molecule has 0 aliphatic rings. The Morgan fingerprint density at radius 2 is 1.85 bits per heavy atom. The predicted octanol–water partition coefficient (Wildman–Crippen LogP) is 3.27. The van der Waals surface area contributed by atoms with Gasteiger partial charge in [-0.1, -0.05) is 44.2 Å². The fraction of sp³-hybridized carbons (Fsp3) is 0.471. The summed E-state index contributed by atoms with van der Waals surface area (Å²) < 4.78 is 2.08. The summed E-state index contributed by atoms with van der Waals surface area (Å²) in [5.74, 6) is 0. The van der Waals surface area contributed by atoms with Gasteiger partial charge in [-0.05, 0) is 31.4 Å². The zero-order chi connectivity index (χ0) is 14.6. The van der Waals surface area contributed by atoms with Gasteiger partial charge in [0.15, 0.2) is 0 Å². The topological polar surface area (TPSA) is 43.8 Å². The molecule has 3 nitrogen and oxygen atoms in total. The fourth-order valence-corrected chi connectivity index (χ4v) is 2.63. The van der Waals surface area contributed by atoms with Gasteiger partial charge >= 0.3 is 0 Å². The van der Waals surface area contributed by atoms with E-state index in [2.05, 4.69) is 60.9 Å². The number of hydrogen-bond acceptors (Lipinski definition) is 2. The monoisotopic (exact) mass is 271 g/mol. The third-order valence-electron chi connectivity index (χ3n) is 4.05. The van der Waals surface area contributed by atoms with Gasteiger partial charge < -0.3 is 5.73 Å². The molecule has 0 radical (unpaired) electrons. The molecule has 0 amide bonds. The minimum absolute atomic E-state index is 0.320. The molecule has 2 rings (SSSR count). The average molecular weight is 271 g/mol. The number of nitrogens with two attached hydrogens (primary N) is 1. The van der Waals surface area contributed by atoms with Gasteiger partial charge in [0.1, 0.15) is 0 Å². The van der Waals surface area contributed by atoms with Crippen LogP contribution in [0, 0.1) is 0 Å². The summed E-state index contributed by atoms with van der Waals surface area (Å²) in [7, 11) is 0. The normalized spacial score (nSPS) is 14.2. The molecule has 108 valence electrons. The quantitative estimate of drug-likeness (QED) is 0.876. The van der Waals surface area contributed by atoms with Gasteiger partial charge in [-0.2, -0.15) is 5.10 Å². The minimum Gasteiger partial charge on any atom is -0.321 e. The van der Waals surface area contributed by atoms with Crippen LogP contribution in [0.1, 0.15) is 44.1 Å². The molecular weight excluding hydrogens is 246 g/mol. The number of aryl methyl sites for hydroxylation is 2. The highest BCUT2D eigenvalue weighted by molar-refractivity contribution is 5.27. The van der Waals surface area contributed by atoms with E-state index < -0.39 is 0 Å². The Balaban J connectivity index is 2.32. The van der Waals surface area contributed by atoms with Crippen molar-refractivity contribution in [2.45, 2.75) is 52.1 Å². The predicted molar refractivity (Wildman–Crippen MR) is 83.6 cm³/mol. The standard InChI is InChI=1S/C17H25N3/c1-4-15-12-16(20(6-3)19-15)13-17(18,5-2)14-10-8-7-9-11-14/h7-12H,4-6,13,18H2,1-3H3. The van der Waals surface area contributed by atoms with Crippen molar-refractivity contribution < 1.29 is 0 Å². The van der Waals surface area contributed by atoms with Crippen molar-refractivity contribution in [1.82, 2.24) is 9.78 Å². The highest BCUT2D eigenvalue weighted by Gasteiger charge is 2.27. The maximum Gasteiger partial charge on any atom is 0.0624 e. The molecule has 0 aliphatic carbocycles. The van der Waals surface area contributed by atoms with Crippen LogP contribution < -0.4 is 5.73 Å². The van der Waals surface area contributed by atoms with Crippen LogP contribution in [0.25, 0.3) is 0 Å². The van der Waals surface area contributed by atoms with E-state index in [1.165, 1.54) is 11.3 Å². The second kappa shape index (κ2) is 6.23. The number of aromatic nitrogens is 2. The molecule has 20 heavy (non-hydrogen) atoms. The molecule has 0 saturated heterocycles. The summed E-state index contributed by atoms with van der Waals surface area (Å²) in [5.41, 5.74) is 9.94. The number of nitrogens with zero attached hydrogens (tertiary/aromatic N) is 2. The molecule has 2 aromatic rings. The molecule has 0 bridgehead atoms. The Kier molecular flexibility index (Phi) is 4.61. The van der Waals surface area contributed by atoms with Crippen molar-refractivity contribution in [3.63, 3.8) is 0 Å². The zero-order valence-electron chi connectivity index (χ0n) is 12.8. The van der Waals surface area contributed by atoms with Gasteiger partial charge in [-0.25, -0.2) is 0 Å². The van der Waals surface area contributed by atoms with Gasteiger partial charge in [0.2, 0.25) is 0 Å². The molecule has 1 unspecified atom stereocenters. The Bertz CT molecular complexity index is 545. The number of hydrogen-bond donors (Lipinski definition) is 1. The van der Waals surface area contributed by atoms with E-state index in [-0.39, 0.29) is 5.54 Å². The lowest BCUT2D eigenvalue weighted by Crippen LogP contribution is -2.39. The molecule has 1 heterocycles. The molecular formula is C17H25N3. The first-order valence-corrected chi connectivity index (χ1v) is 7.53. The molecule has 1 aromatic heterocycles. The molecule has 3 heteroatoms.